The zero-order chi connectivity index (χ0) is 9.84. The van der Waals surface area contributed by atoms with Gasteiger partial charge in [0.25, 0.3) is 0 Å². The summed E-state index contributed by atoms with van der Waals surface area (Å²) in [5, 5.41) is 0. The third-order valence-corrected chi connectivity index (χ3v) is 2.36. The van der Waals surface area contributed by atoms with E-state index in [0.717, 1.165) is 28.0 Å². The molecular formula is C10H13BrO2. The van der Waals surface area contributed by atoms with Crippen LogP contribution < -0.4 is 9.47 Å². The highest BCUT2D eigenvalue weighted by Crippen LogP contribution is 2.34. The average Bonchev–Trinajstić information content (AvgIpc) is 2.16. The summed E-state index contributed by atoms with van der Waals surface area (Å²) in [6.07, 6.45) is 0.930. The highest BCUT2D eigenvalue weighted by atomic mass is 79.9. The summed E-state index contributed by atoms with van der Waals surface area (Å²) in [4.78, 5) is 0. The van der Waals surface area contributed by atoms with Crippen LogP contribution in [0.4, 0.5) is 0 Å². The Morgan fingerprint density at radius 2 is 1.92 bits per heavy atom. The minimum absolute atomic E-state index is 0.772. The second-order valence-electron chi connectivity index (χ2n) is 2.65. The van der Waals surface area contributed by atoms with Crippen LogP contribution in [0.3, 0.4) is 0 Å². The molecule has 3 heteroatoms. The molecule has 0 aliphatic heterocycles. The average molecular weight is 245 g/mol. The quantitative estimate of drug-likeness (QED) is 0.814. The first-order valence-electron chi connectivity index (χ1n) is 4.13. The van der Waals surface area contributed by atoms with E-state index >= 15 is 0 Å². The zero-order valence-corrected chi connectivity index (χ0v) is 9.64. The van der Waals surface area contributed by atoms with Gasteiger partial charge >= 0.3 is 0 Å². The van der Waals surface area contributed by atoms with E-state index in [1.807, 2.05) is 12.1 Å². The molecule has 0 heterocycles. The van der Waals surface area contributed by atoms with Crippen LogP contribution in [0.5, 0.6) is 11.5 Å². The molecule has 0 spiro atoms. The van der Waals surface area contributed by atoms with Gasteiger partial charge in [-0.05, 0) is 24.1 Å². The van der Waals surface area contributed by atoms with Crippen molar-refractivity contribution in [2.45, 2.75) is 13.3 Å². The van der Waals surface area contributed by atoms with Gasteiger partial charge in [-0.25, -0.2) is 0 Å². The Hall–Kier alpha value is -0.700. The third kappa shape index (κ3) is 2.15. The number of methoxy groups -OCH3 is 2. The molecule has 0 radical (unpaired) electrons. The predicted octanol–water partition coefficient (Wildman–Crippen LogP) is 3.03. The normalized spacial score (nSPS) is 9.85. The van der Waals surface area contributed by atoms with Crippen molar-refractivity contribution in [2.75, 3.05) is 14.2 Å². The molecule has 0 fully saturated rings. The van der Waals surface area contributed by atoms with Crippen LogP contribution in [-0.4, -0.2) is 14.2 Å². The number of benzene rings is 1. The number of rotatable bonds is 3. The first kappa shape index (κ1) is 10.4. The van der Waals surface area contributed by atoms with Crippen molar-refractivity contribution in [2.24, 2.45) is 0 Å². The fourth-order valence-corrected chi connectivity index (χ4v) is 1.75. The Kier molecular flexibility index (Phi) is 3.60. The lowest BCUT2D eigenvalue weighted by atomic mass is 10.1. The summed E-state index contributed by atoms with van der Waals surface area (Å²) >= 11 is 3.42. The minimum atomic E-state index is 0.772. The summed E-state index contributed by atoms with van der Waals surface area (Å²) in [5.74, 6) is 1.60. The lowest BCUT2D eigenvalue weighted by molar-refractivity contribution is 0.351. The van der Waals surface area contributed by atoms with Crippen LogP contribution >= 0.6 is 15.9 Å². The number of hydrogen-bond donors (Lipinski definition) is 0. The van der Waals surface area contributed by atoms with Gasteiger partial charge in [0.15, 0.2) is 11.5 Å². The van der Waals surface area contributed by atoms with Gasteiger partial charge in [-0.3, -0.25) is 0 Å². The summed E-state index contributed by atoms with van der Waals surface area (Å²) < 4.78 is 11.5. The van der Waals surface area contributed by atoms with Crippen molar-refractivity contribution < 1.29 is 9.47 Å². The molecule has 72 valence electrons. The van der Waals surface area contributed by atoms with Gasteiger partial charge in [0, 0.05) is 4.47 Å². The third-order valence-electron chi connectivity index (χ3n) is 1.90. The minimum Gasteiger partial charge on any atom is -0.493 e. The summed E-state index contributed by atoms with van der Waals surface area (Å²) in [6.45, 7) is 2.09. The van der Waals surface area contributed by atoms with Crippen molar-refractivity contribution in [3.63, 3.8) is 0 Å². The Morgan fingerprint density at radius 3 is 2.38 bits per heavy atom. The Bertz CT molecular complexity index is 272. The van der Waals surface area contributed by atoms with E-state index < -0.39 is 0 Å². The van der Waals surface area contributed by atoms with Gasteiger partial charge in [-0.2, -0.15) is 0 Å². The molecule has 2 nitrogen and oxygen atoms in total. The fourth-order valence-electron chi connectivity index (χ4n) is 1.27. The van der Waals surface area contributed by atoms with E-state index in [1.54, 1.807) is 14.2 Å². The summed E-state index contributed by atoms with van der Waals surface area (Å²) in [5.41, 5.74) is 1.15. The standard InChI is InChI=1S/C10H13BrO2/c1-4-7-5-8(11)6-9(12-2)10(7)13-3/h5-6H,4H2,1-3H3. The van der Waals surface area contributed by atoms with E-state index in [1.165, 1.54) is 0 Å². The molecule has 0 aliphatic carbocycles. The molecular weight excluding hydrogens is 232 g/mol. The van der Waals surface area contributed by atoms with Crippen molar-refractivity contribution in [3.05, 3.63) is 22.2 Å². The van der Waals surface area contributed by atoms with Crippen molar-refractivity contribution in [3.8, 4) is 11.5 Å². The van der Waals surface area contributed by atoms with Crippen molar-refractivity contribution >= 4 is 15.9 Å². The van der Waals surface area contributed by atoms with Crippen LogP contribution in [0.25, 0.3) is 0 Å². The molecule has 1 aromatic rings. The summed E-state index contributed by atoms with van der Waals surface area (Å²) in [6, 6.07) is 3.94. The fraction of sp³-hybridized carbons (Fsp3) is 0.400. The lowest BCUT2D eigenvalue weighted by Crippen LogP contribution is -1.95. The largest absolute Gasteiger partial charge is 0.493 e. The molecule has 0 N–H and O–H groups in total. The lowest BCUT2D eigenvalue weighted by Gasteiger charge is -2.11. The number of aryl methyl sites for hydroxylation is 1. The van der Waals surface area contributed by atoms with Gasteiger partial charge < -0.3 is 9.47 Å². The molecule has 0 aliphatic rings. The number of ether oxygens (including phenoxy) is 2. The van der Waals surface area contributed by atoms with Gasteiger partial charge in [0.05, 0.1) is 14.2 Å². The Labute approximate surface area is 87.0 Å². The smallest absolute Gasteiger partial charge is 0.163 e. The van der Waals surface area contributed by atoms with Gasteiger partial charge in [-0.15, -0.1) is 0 Å². The van der Waals surface area contributed by atoms with Gasteiger partial charge in [0.1, 0.15) is 0 Å². The monoisotopic (exact) mass is 244 g/mol. The second-order valence-corrected chi connectivity index (χ2v) is 3.57. The topological polar surface area (TPSA) is 18.5 Å². The molecule has 0 amide bonds. The SMILES string of the molecule is CCc1cc(Br)cc(OC)c1OC. The first-order valence-corrected chi connectivity index (χ1v) is 4.92. The molecule has 0 saturated heterocycles. The highest BCUT2D eigenvalue weighted by molar-refractivity contribution is 9.10. The Balaban J connectivity index is 3.25. The molecule has 1 aromatic carbocycles. The first-order chi connectivity index (χ1) is 6.22. The molecule has 0 aromatic heterocycles. The maximum absolute atomic E-state index is 5.27. The maximum Gasteiger partial charge on any atom is 0.163 e. The maximum atomic E-state index is 5.27. The zero-order valence-electron chi connectivity index (χ0n) is 8.06. The van der Waals surface area contributed by atoms with Crippen LogP contribution in [-0.2, 0) is 6.42 Å². The van der Waals surface area contributed by atoms with Crippen LogP contribution in [0, 0.1) is 0 Å². The number of hydrogen-bond acceptors (Lipinski definition) is 2. The van der Waals surface area contributed by atoms with Crippen LogP contribution in [0.2, 0.25) is 0 Å². The molecule has 0 saturated carbocycles. The van der Waals surface area contributed by atoms with Crippen LogP contribution in [0.15, 0.2) is 16.6 Å². The van der Waals surface area contributed by atoms with Gasteiger partial charge in [0.2, 0.25) is 0 Å². The second kappa shape index (κ2) is 4.51. The van der Waals surface area contributed by atoms with Crippen LogP contribution in [0.1, 0.15) is 12.5 Å². The van der Waals surface area contributed by atoms with E-state index in [0.29, 0.717) is 0 Å². The van der Waals surface area contributed by atoms with E-state index in [4.69, 9.17) is 9.47 Å². The molecule has 0 unspecified atom stereocenters. The van der Waals surface area contributed by atoms with Gasteiger partial charge in [-0.1, -0.05) is 22.9 Å². The van der Waals surface area contributed by atoms with Crippen molar-refractivity contribution in [1.29, 1.82) is 0 Å². The van der Waals surface area contributed by atoms with Crippen molar-refractivity contribution in [1.82, 2.24) is 0 Å². The van der Waals surface area contributed by atoms with E-state index in [-0.39, 0.29) is 0 Å². The molecule has 0 atom stereocenters. The molecule has 0 bridgehead atoms. The summed E-state index contributed by atoms with van der Waals surface area (Å²) in [7, 11) is 3.30. The Morgan fingerprint density at radius 1 is 1.23 bits per heavy atom. The van der Waals surface area contributed by atoms with E-state index in [2.05, 4.69) is 22.9 Å². The number of halogens is 1. The highest BCUT2D eigenvalue weighted by Gasteiger charge is 2.09. The predicted molar refractivity (Wildman–Crippen MR) is 56.6 cm³/mol. The van der Waals surface area contributed by atoms with E-state index in [9.17, 15) is 0 Å². The molecule has 13 heavy (non-hydrogen) atoms. The molecule has 1 rings (SSSR count).